The van der Waals surface area contributed by atoms with Gasteiger partial charge in [-0.1, -0.05) is 36.4 Å². The zero-order chi connectivity index (χ0) is 16.8. The van der Waals surface area contributed by atoms with Gasteiger partial charge in [-0.2, -0.15) is 0 Å². The number of rotatable bonds is 7. The number of nitrogens with one attached hydrogen (secondary N) is 1. The molecule has 3 nitrogen and oxygen atoms in total. The Morgan fingerprint density at radius 1 is 1.13 bits per heavy atom. The Morgan fingerprint density at radius 3 is 2.43 bits per heavy atom. The minimum Gasteiger partial charge on any atom is -0.494 e. The summed E-state index contributed by atoms with van der Waals surface area (Å²) in [6.07, 6.45) is 0.0709. The Morgan fingerprint density at radius 2 is 1.83 bits per heavy atom. The fourth-order valence-electron chi connectivity index (χ4n) is 2.59. The van der Waals surface area contributed by atoms with Gasteiger partial charge in [-0.3, -0.25) is 0 Å². The van der Waals surface area contributed by atoms with Crippen LogP contribution in [0.3, 0.4) is 0 Å². The Labute approximate surface area is 137 Å². The molecule has 0 heterocycles. The number of methoxy groups -OCH3 is 1. The SMILES string of the molecule is COc1ccc(C(C)NC(C)C(O)Cc2ccccc2)cc1F. The molecule has 3 unspecified atom stereocenters. The van der Waals surface area contributed by atoms with E-state index in [-0.39, 0.29) is 23.7 Å². The maximum atomic E-state index is 13.8. The highest BCUT2D eigenvalue weighted by Gasteiger charge is 2.18. The molecule has 0 radical (unpaired) electrons. The van der Waals surface area contributed by atoms with Gasteiger partial charge in [0.25, 0.3) is 0 Å². The van der Waals surface area contributed by atoms with Crippen molar-refractivity contribution >= 4 is 0 Å². The monoisotopic (exact) mass is 317 g/mol. The Bertz CT molecular complexity index is 618. The van der Waals surface area contributed by atoms with Crippen molar-refractivity contribution < 1.29 is 14.2 Å². The van der Waals surface area contributed by atoms with Gasteiger partial charge in [0, 0.05) is 12.1 Å². The van der Waals surface area contributed by atoms with Crippen LogP contribution in [0.5, 0.6) is 5.75 Å². The third-order valence-electron chi connectivity index (χ3n) is 4.05. The van der Waals surface area contributed by atoms with Gasteiger partial charge in [0.2, 0.25) is 0 Å². The van der Waals surface area contributed by atoms with E-state index in [0.717, 1.165) is 11.1 Å². The van der Waals surface area contributed by atoms with Crippen LogP contribution in [0.4, 0.5) is 4.39 Å². The molecule has 3 atom stereocenters. The van der Waals surface area contributed by atoms with E-state index in [1.807, 2.05) is 50.2 Å². The second-order valence-corrected chi connectivity index (χ2v) is 5.83. The molecule has 2 aromatic carbocycles. The van der Waals surface area contributed by atoms with Crippen LogP contribution in [0.1, 0.15) is 31.0 Å². The number of halogens is 1. The van der Waals surface area contributed by atoms with Crippen molar-refractivity contribution in [2.24, 2.45) is 0 Å². The van der Waals surface area contributed by atoms with Crippen molar-refractivity contribution in [2.75, 3.05) is 7.11 Å². The molecule has 0 spiro atoms. The summed E-state index contributed by atoms with van der Waals surface area (Å²) in [5.74, 6) is -0.144. The maximum Gasteiger partial charge on any atom is 0.165 e. The lowest BCUT2D eigenvalue weighted by molar-refractivity contribution is 0.129. The number of aliphatic hydroxyl groups excluding tert-OH is 1. The Hall–Kier alpha value is -1.91. The summed E-state index contributed by atoms with van der Waals surface area (Å²) in [4.78, 5) is 0. The summed E-state index contributed by atoms with van der Waals surface area (Å²) in [5, 5.41) is 13.7. The highest BCUT2D eigenvalue weighted by atomic mass is 19.1. The zero-order valence-corrected chi connectivity index (χ0v) is 13.8. The first-order valence-electron chi connectivity index (χ1n) is 7.82. The summed E-state index contributed by atoms with van der Waals surface area (Å²) in [7, 11) is 1.45. The molecule has 0 aliphatic heterocycles. The van der Waals surface area contributed by atoms with Gasteiger partial charge >= 0.3 is 0 Å². The Balaban J connectivity index is 1.96. The van der Waals surface area contributed by atoms with Crippen LogP contribution in [0, 0.1) is 5.82 Å². The van der Waals surface area contributed by atoms with Crippen LogP contribution < -0.4 is 10.1 Å². The van der Waals surface area contributed by atoms with E-state index in [0.29, 0.717) is 6.42 Å². The van der Waals surface area contributed by atoms with Crippen LogP contribution in [-0.2, 0) is 6.42 Å². The highest BCUT2D eigenvalue weighted by Crippen LogP contribution is 2.22. The number of hydrogen-bond donors (Lipinski definition) is 2. The molecule has 0 aliphatic rings. The Kier molecular flexibility index (Phi) is 6.13. The summed E-state index contributed by atoms with van der Waals surface area (Å²) in [6, 6.07) is 14.6. The predicted octanol–water partition coefficient (Wildman–Crippen LogP) is 3.48. The van der Waals surface area contributed by atoms with E-state index >= 15 is 0 Å². The molecule has 0 amide bonds. The quantitative estimate of drug-likeness (QED) is 0.821. The summed E-state index contributed by atoms with van der Waals surface area (Å²) in [5.41, 5.74) is 1.92. The predicted molar refractivity (Wildman–Crippen MR) is 90.1 cm³/mol. The molecule has 0 aromatic heterocycles. The van der Waals surface area contributed by atoms with Crippen LogP contribution >= 0.6 is 0 Å². The fraction of sp³-hybridized carbons (Fsp3) is 0.368. The van der Waals surface area contributed by atoms with Gasteiger partial charge in [0.1, 0.15) is 0 Å². The van der Waals surface area contributed by atoms with Crippen LogP contribution in [0.25, 0.3) is 0 Å². The second kappa shape index (κ2) is 8.09. The van der Waals surface area contributed by atoms with E-state index in [4.69, 9.17) is 4.74 Å². The van der Waals surface area contributed by atoms with Gasteiger partial charge in [-0.15, -0.1) is 0 Å². The lowest BCUT2D eigenvalue weighted by atomic mass is 10.0. The standard InChI is InChI=1S/C19H24FNO2/c1-13(16-9-10-19(23-3)17(20)12-16)21-14(2)18(22)11-15-7-5-4-6-8-15/h4-10,12-14,18,21-22H,11H2,1-3H3. The number of benzene rings is 2. The molecule has 0 bridgehead atoms. The summed E-state index contributed by atoms with van der Waals surface area (Å²) in [6.45, 7) is 3.89. The molecule has 2 aromatic rings. The minimum atomic E-state index is -0.511. The molecule has 124 valence electrons. The molecule has 2 rings (SSSR count). The van der Waals surface area contributed by atoms with Crippen molar-refractivity contribution in [3.8, 4) is 5.75 Å². The van der Waals surface area contributed by atoms with Crippen molar-refractivity contribution in [1.29, 1.82) is 0 Å². The minimum absolute atomic E-state index is 0.0733. The number of aliphatic hydroxyl groups is 1. The van der Waals surface area contributed by atoms with Gasteiger partial charge < -0.3 is 15.2 Å². The smallest absolute Gasteiger partial charge is 0.165 e. The van der Waals surface area contributed by atoms with Crippen molar-refractivity contribution in [3.05, 3.63) is 65.5 Å². The third-order valence-corrected chi connectivity index (χ3v) is 4.05. The average molecular weight is 317 g/mol. The van der Waals surface area contributed by atoms with Crippen molar-refractivity contribution in [1.82, 2.24) is 5.32 Å². The zero-order valence-electron chi connectivity index (χ0n) is 13.8. The van der Waals surface area contributed by atoms with Crippen LogP contribution in [-0.4, -0.2) is 24.4 Å². The van der Waals surface area contributed by atoms with E-state index in [1.165, 1.54) is 13.2 Å². The molecular weight excluding hydrogens is 293 g/mol. The van der Waals surface area contributed by atoms with Gasteiger partial charge in [0.15, 0.2) is 11.6 Å². The molecule has 2 N–H and O–H groups in total. The van der Waals surface area contributed by atoms with E-state index in [2.05, 4.69) is 5.32 Å². The summed E-state index contributed by atoms with van der Waals surface area (Å²) < 4.78 is 18.7. The molecule has 0 fully saturated rings. The third kappa shape index (κ3) is 4.78. The summed E-state index contributed by atoms with van der Waals surface area (Å²) >= 11 is 0. The van der Waals surface area contributed by atoms with E-state index in [1.54, 1.807) is 6.07 Å². The number of hydrogen-bond acceptors (Lipinski definition) is 3. The fourth-order valence-corrected chi connectivity index (χ4v) is 2.59. The lowest BCUT2D eigenvalue weighted by Crippen LogP contribution is -2.40. The molecular formula is C19H24FNO2. The lowest BCUT2D eigenvalue weighted by Gasteiger charge is -2.25. The normalized spacial score (nSPS) is 15.0. The first-order valence-corrected chi connectivity index (χ1v) is 7.82. The first-order chi connectivity index (χ1) is 11.0. The molecule has 0 saturated carbocycles. The maximum absolute atomic E-state index is 13.8. The van der Waals surface area contributed by atoms with Crippen LogP contribution in [0.2, 0.25) is 0 Å². The van der Waals surface area contributed by atoms with Gasteiger partial charge in [-0.25, -0.2) is 4.39 Å². The highest BCUT2D eigenvalue weighted by molar-refractivity contribution is 5.30. The second-order valence-electron chi connectivity index (χ2n) is 5.83. The molecule has 23 heavy (non-hydrogen) atoms. The van der Waals surface area contributed by atoms with E-state index in [9.17, 15) is 9.50 Å². The topological polar surface area (TPSA) is 41.5 Å². The first kappa shape index (κ1) is 17.4. The number of ether oxygens (including phenoxy) is 1. The average Bonchev–Trinajstić information content (AvgIpc) is 2.55. The van der Waals surface area contributed by atoms with Gasteiger partial charge in [0.05, 0.1) is 13.2 Å². The van der Waals surface area contributed by atoms with E-state index < -0.39 is 6.10 Å². The van der Waals surface area contributed by atoms with Gasteiger partial charge in [-0.05, 0) is 43.5 Å². The largest absolute Gasteiger partial charge is 0.494 e. The molecule has 0 aliphatic carbocycles. The van der Waals surface area contributed by atoms with Crippen molar-refractivity contribution in [2.45, 2.75) is 38.5 Å². The van der Waals surface area contributed by atoms with Crippen LogP contribution in [0.15, 0.2) is 48.5 Å². The molecule has 4 heteroatoms. The molecule has 0 saturated heterocycles. The van der Waals surface area contributed by atoms with Crippen molar-refractivity contribution in [3.63, 3.8) is 0 Å².